The fraction of sp³-hybridized carbons (Fsp3) is 0.917. The van der Waals surface area contributed by atoms with Crippen molar-refractivity contribution in [3.63, 3.8) is 0 Å². The Kier molecular flexibility index (Phi) is 4.53. The molecule has 2 saturated carbocycles. The molecule has 92 valence electrons. The highest BCUT2D eigenvalue weighted by molar-refractivity contribution is 7.99. The van der Waals surface area contributed by atoms with Crippen LogP contribution in [0.3, 0.4) is 0 Å². The van der Waals surface area contributed by atoms with E-state index in [0.717, 1.165) is 36.3 Å². The van der Waals surface area contributed by atoms with Gasteiger partial charge in [0, 0.05) is 24.8 Å². The number of rotatable bonds is 7. The van der Waals surface area contributed by atoms with Gasteiger partial charge in [0.15, 0.2) is 0 Å². The predicted molar refractivity (Wildman–Crippen MR) is 66.4 cm³/mol. The molecule has 3 atom stereocenters. The predicted octanol–water partition coefficient (Wildman–Crippen LogP) is 1.26. The summed E-state index contributed by atoms with van der Waals surface area (Å²) in [4.78, 5) is 11.7. The molecule has 0 bridgehead atoms. The second-order valence-corrected chi connectivity index (χ2v) is 5.99. The van der Waals surface area contributed by atoms with E-state index in [1.54, 1.807) is 11.8 Å². The molecule has 0 aliphatic heterocycles. The lowest BCUT2D eigenvalue weighted by Crippen LogP contribution is -2.28. The van der Waals surface area contributed by atoms with Crippen molar-refractivity contribution in [2.24, 2.45) is 17.8 Å². The van der Waals surface area contributed by atoms with Crippen LogP contribution in [0.15, 0.2) is 0 Å². The van der Waals surface area contributed by atoms with Crippen molar-refractivity contribution in [3.05, 3.63) is 0 Å². The number of carbonyl (C=O) groups excluding carboxylic acids is 1. The van der Waals surface area contributed by atoms with E-state index in [9.17, 15) is 4.79 Å². The zero-order chi connectivity index (χ0) is 11.4. The first-order chi connectivity index (χ1) is 7.84. The molecule has 16 heavy (non-hydrogen) atoms. The Morgan fingerprint density at radius 3 is 2.75 bits per heavy atom. The number of thioether (sulfide) groups is 1. The van der Waals surface area contributed by atoms with Gasteiger partial charge in [-0.15, -0.1) is 0 Å². The highest BCUT2D eigenvalue weighted by atomic mass is 32.2. The first kappa shape index (κ1) is 12.2. The van der Waals surface area contributed by atoms with Crippen LogP contribution in [0.2, 0.25) is 0 Å². The first-order valence-electron chi connectivity index (χ1n) is 6.31. The third-order valence-corrected chi connectivity index (χ3v) is 4.77. The monoisotopic (exact) mass is 243 g/mol. The molecule has 2 fully saturated rings. The molecule has 0 aromatic rings. The average molecular weight is 243 g/mol. The second kappa shape index (κ2) is 5.92. The van der Waals surface area contributed by atoms with Gasteiger partial charge in [0.2, 0.25) is 5.91 Å². The molecule has 0 radical (unpaired) electrons. The van der Waals surface area contributed by atoms with Crippen LogP contribution in [-0.2, 0) is 4.79 Å². The summed E-state index contributed by atoms with van der Waals surface area (Å²) in [5, 5.41) is 11.6. The molecule has 2 rings (SSSR count). The third-order valence-electron chi connectivity index (χ3n) is 3.70. The van der Waals surface area contributed by atoms with Crippen molar-refractivity contribution in [1.29, 1.82) is 0 Å². The Hall–Kier alpha value is -0.220. The van der Waals surface area contributed by atoms with E-state index in [0.29, 0.717) is 5.92 Å². The summed E-state index contributed by atoms with van der Waals surface area (Å²) >= 11 is 1.80. The van der Waals surface area contributed by atoms with Crippen molar-refractivity contribution in [2.45, 2.75) is 25.7 Å². The second-order valence-electron chi connectivity index (χ2n) is 4.76. The minimum absolute atomic E-state index is 0.269. The summed E-state index contributed by atoms with van der Waals surface area (Å²) in [5.74, 6) is 4.05. The van der Waals surface area contributed by atoms with Gasteiger partial charge >= 0.3 is 0 Å². The maximum absolute atomic E-state index is 11.7. The Balaban J connectivity index is 1.49. The zero-order valence-corrected chi connectivity index (χ0v) is 10.5. The van der Waals surface area contributed by atoms with Gasteiger partial charge in [-0.05, 0) is 36.9 Å². The highest BCUT2D eigenvalue weighted by Gasteiger charge is 2.56. The fourth-order valence-corrected chi connectivity index (χ4v) is 3.63. The first-order valence-corrected chi connectivity index (χ1v) is 7.46. The van der Waals surface area contributed by atoms with Crippen LogP contribution in [0.1, 0.15) is 25.7 Å². The van der Waals surface area contributed by atoms with E-state index < -0.39 is 0 Å². The highest BCUT2D eigenvalue weighted by Crippen LogP contribution is 2.57. The molecule has 0 saturated heterocycles. The van der Waals surface area contributed by atoms with Gasteiger partial charge in [0.25, 0.3) is 0 Å². The van der Waals surface area contributed by atoms with Gasteiger partial charge in [-0.3, -0.25) is 4.79 Å². The van der Waals surface area contributed by atoms with E-state index in [-0.39, 0.29) is 12.5 Å². The molecular formula is C12H21NO2S. The number of nitrogens with one attached hydrogen (secondary N) is 1. The van der Waals surface area contributed by atoms with E-state index in [1.165, 1.54) is 19.3 Å². The summed E-state index contributed by atoms with van der Waals surface area (Å²) in [6.07, 6.45) is 4.73. The third kappa shape index (κ3) is 2.92. The lowest BCUT2D eigenvalue weighted by molar-refractivity contribution is -0.122. The van der Waals surface area contributed by atoms with Crippen molar-refractivity contribution >= 4 is 17.7 Å². The van der Waals surface area contributed by atoms with E-state index >= 15 is 0 Å². The standard InChI is InChI=1S/C12H21NO2S/c14-6-2-7-16-8-5-13-12(15)11-9-3-1-4-10(9)11/h9-11,14H,1-8H2,(H,13,15)/t9-,10+,11?. The number of aliphatic hydroxyl groups excluding tert-OH is 1. The molecule has 0 heterocycles. The Morgan fingerprint density at radius 1 is 1.31 bits per heavy atom. The van der Waals surface area contributed by atoms with Crippen molar-refractivity contribution < 1.29 is 9.90 Å². The quantitative estimate of drug-likeness (QED) is 0.662. The Labute approximate surface area is 101 Å². The van der Waals surface area contributed by atoms with Crippen molar-refractivity contribution in [2.75, 3.05) is 24.7 Å². The molecule has 4 heteroatoms. The van der Waals surface area contributed by atoms with Crippen molar-refractivity contribution in [3.8, 4) is 0 Å². The number of hydrogen-bond donors (Lipinski definition) is 2. The van der Waals surface area contributed by atoms with Gasteiger partial charge < -0.3 is 10.4 Å². The molecule has 1 unspecified atom stereocenters. The molecule has 2 aliphatic rings. The Bertz CT molecular complexity index is 237. The maximum atomic E-state index is 11.7. The number of aliphatic hydroxyl groups is 1. The van der Waals surface area contributed by atoms with Crippen LogP contribution in [0.25, 0.3) is 0 Å². The summed E-state index contributed by atoms with van der Waals surface area (Å²) in [7, 11) is 0. The van der Waals surface area contributed by atoms with Gasteiger partial charge in [0.1, 0.15) is 0 Å². The molecule has 2 aliphatic carbocycles. The van der Waals surface area contributed by atoms with Crippen LogP contribution >= 0.6 is 11.8 Å². The molecule has 0 aromatic heterocycles. The lowest BCUT2D eigenvalue weighted by Gasteiger charge is -2.06. The summed E-state index contributed by atoms with van der Waals surface area (Å²) in [5.41, 5.74) is 0. The zero-order valence-electron chi connectivity index (χ0n) is 9.65. The largest absolute Gasteiger partial charge is 0.396 e. The minimum Gasteiger partial charge on any atom is -0.396 e. The molecule has 0 spiro atoms. The van der Waals surface area contributed by atoms with Crippen LogP contribution in [0.4, 0.5) is 0 Å². The van der Waals surface area contributed by atoms with E-state index in [4.69, 9.17) is 5.11 Å². The van der Waals surface area contributed by atoms with Gasteiger partial charge in [-0.25, -0.2) is 0 Å². The van der Waals surface area contributed by atoms with Gasteiger partial charge in [-0.1, -0.05) is 6.42 Å². The summed E-state index contributed by atoms with van der Waals surface area (Å²) in [6, 6.07) is 0. The average Bonchev–Trinajstić information content (AvgIpc) is 2.77. The summed E-state index contributed by atoms with van der Waals surface area (Å²) in [6.45, 7) is 1.05. The molecular weight excluding hydrogens is 222 g/mol. The van der Waals surface area contributed by atoms with Gasteiger partial charge in [0.05, 0.1) is 0 Å². The van der Waals surface area contributed by atoms with E-state index in [1.807, 2.05) is 0 Å². The SMILES string of the molecule is O=C(NCCSCCCO)C1[C@H]2CCC[C@@H]12. The van der Waals surface area contributed by atoms with Crippen LogP contribution < -0.4 is 5.32 Å². The number of hydrogen-bond acceptors (Lipinski definition) is 3. The van der Waals surface area contributed by atoms with Crippen molar-refractivity contribution in [1.82, 2.24) is 5.32 Å². The number of fused-ring (bicyclic) bond motifs is 1. The normalized spacial score (nSPS) is 31.2. The van der Waals surface area contributed by atoms with Crippen LogP contribution in [0.5, 0.6) is 0 Å². The topological polar surface area (TPSA) is 49.3 Å². The Morgan fingerprint density at radius 2 is 2.06 bits per heavy atom. The summed E-state index contributed by atoms with van der Waals surface area (Å²) < 4.78 is 0. The number of carbonyl (C=O) groups is 1. The fourth-order valence-electron chi connectivity index (χ4n) is 2.84. The van der Waals surface area contributed by atoms with Gasteiger partial charge in [-0.2, -0.15) is 11.8 Å². The molecule has 3 nitrogen and oxygen atoms in total. The smallest absolute Gasteiger partial charge is 0.223 e. The maximum Gasteiger partial charge on any atom is 0.223 e. The molecule has 1 amide bonds. The minimum atomic E-state index is 0.269. The van der Waals surface area contributed by atoms with E-state index in [2.05, 4.69) is 5.32 Å². The van der Waals surface area contributed by atoms with Crippen LogP contribution in [0, 0.1) is 17.8 Å². The number of amides is 1. The van der Waals surface area contributed by atoms with Crippen LogP contribution in [-0.4, -0.2) is 35.7 Å². The molecule has 0 aromatic carbocycles. The lowest BCUT2D eigenvalue weighted by atomic mass is 10.1. The molecule has 2 N–H and O–H groups in total.